The Morgan fingerprint density at radius 1 is 1.25 bits per heavy atom. The minimum atomic E-state index is -0.262. The molecular weight excluding hydrogens is 325 g/mol. The molecule has 0 saturated carbocycles. The van der Waals surface area contributed by atoms with Crippen LogP contribution in [0.2, 0.25) is 0 Å². The molecule has 24 heavy (non-hydrogen) atoms. The summed E-state index contributed by atoms with van der Waals surface area (Å²) in [5, 5.41) is 1.88. The van der Waals surface area contributed by atoms with E-state index in [1.165, 1.54) is 30.4 Å². The highest BCUT2D eigenvalue weighted by atomic mass is 32.1. The van der Waals surface area contributed by atoms with Gasteiger partial charge < -0.3 is 4.90 Å². The van der Waals surface area contributed by atoms with Crippen molar-refractivity contribution in [2.45, 2.75) is 38.6 Å². The average Bonchev–Trinajstić information content (AvgIpc) is 3.04. The van der Waals surface area contributed by atoms with Gasteiger partial charge in [-0.05, 0) is 60.9 Å². The average molecular weight is 345 g/mol. The number of amides is 1. The van der Waals surface area contributed by atoms with Gasteiger partial charge in [0.2, 0.25) is 5.91 Å². The molecule has 0 aliphatic carbocycles. The summed E-state index contributed by atoms with van der Waals surface area (Å²) in [5.41, 5.74) is 1.87. The number of hydrogen-bond acceptors (Lipinski definition) is 3. The van der Waals surface area contributed by atoms with E-state index in [-0.39, 0.29) is 23.5 Å². The molecule has 1 atom stereocenters. The van der Waals surface area contributed by atoms with E-state index in [2.05, 4.69) is 0 Å². The van der Waals surface area contributed by atoms with Crippen LogP contribution in [0.3, 0.4) is 0 Å². The van der Waals surface area contributed by atoms with Gasteiger partial charge in [-0.3, -0.25) is 9.59 Å². The molecule has 1 aromatic heterocycles. The molecule has 0 radical (unpaired) electrons. The summed E-state index contributed by atoms with van der Waals surface area (Å²) >= 11 is 1.38. The molecule has 1 fully saturated rings. The molecule has 1 aliphatic heterocycles. The number of benzene rings is 1. The van der Waals surface area contributed by atoms with Gasteiger partial charge in [0.25, 0.3) is 0 Å². The lowest BCUT2D eigenvalue weighted by Gasteiger charge is -2.36. The summed E-state index contributed by atoms with van der Waals surface area (Å²) in [4.78, 5) is 26.8. The van der Waals surface area contributed by atoms with Crippen LogP contribution in [0.1, 0.15) is 53.0 Å². The Morgan fingerprint density at radius 2 is 2.00 bits per heavy atom. The van der Waals surface area contributed by atoms with Gasteiger partial charge in [-0.2, -0.15) is 0 Å². The minimum Gasteiger partial charge on any atom is -0.335 e. The van der Waals surface area contributed by atoms with E-state index in [0.717, 1.165) is 36.9 Å². The maximum atomic E-state index is 13.2. The normalized spacial score (nSPS) is 17.8. The molecule has 3 rings (SSSR count). The van der Waals surface area contributed by atoms with Crippen LogP contribution < -0.4 is 0 Å². The summed E-state index contributed by atoms with van der Waals surface area (Å²) in [6.07, 6.45) is 3.27. The third-order valence-electron chi connectivity index (χ3n) is 4.43. The van der Waals surface area contributed by atoms with Gasteiger partial charge in [-0.25, -0.2) is 4.39 Å². The van der Waals surface area contributed by atoms with E-state index in [9.17, 15) is 14.0 Å². The summed E-state index contributed by atoms with van der Waals surface area (Å²) in [7, 11) is 0. The summed E-state index contributed by atoms with van der Waals surface area (Å²) in [5.74, 6) is -0.166. The summed E-state index contributed by atoms with van der Waals surface area (Å²) < 4.78 is 13.2. The van der Waals surface area contributed by atoms with Crippen molar-refractivity contribution in [3.8, 4) is 0 Å². The fourth-order valence-corrected chi connectivity index (χ4v) is 4.01. The topological polar surface area (TPSA) is 37.4 Å². The zero-order chi connectivity index (χ0) is 17.1. The lowest BCUT2D eigenvalue weighted by atomic mass is 9.94. The maximum Gasteiger partial charge on any atom is 0.227 e. The van der Waals surface area contributed by atoms with Crippen LogP contribution in [0.5, 0.6) is 0 Å². The number of nitrogens with zero attached hydrogens (tertiary/aromatic N) is 1. The van der Waals surface area contributed by atoms with Crippen molar-refractivity contribution in [3.63, 3.8) is 0 Å². The van der Waals surface area contributed by atoms with Crippen molar-refractivity contribution >= 4 is 23.0 Å². The van der Waals surface area contributed by atoms with Crippen LogP contribution >= 0.6 is 11.3 Å². The van der Waals surface area contributed by atoms with Crippen LogP contribution in [0.15, 0.2) is 35.7 Å². The van der Waals surface area contributed by atoms with Gasteiger partial charge in [-0.1, -0.05) is 12.1 Å². The second-order valence-corrected chi connectivity index (χ2v) is 7.11. The molecule has 0 N–H and O–H groups in total. The molecule has 1 aromatic carbocycles. The fourth-order valence-electron chi connectivity index (χ4n) is 3.19. The molecular formula is C19H20FNO2S. The number of carbonyl (C=O) groups is 2. The predicted molar refractivity (Wildman–Crippen MR) is 92.7 cm³/mol. The van der Waals surface area contributed by atoms with E-state index in [1.54, 1.807) is 12.1 Å². The number of ketones is 1. The highest BCUT2D eigenvalue weighted by molar-refractivity contribution is 7.12. The zero-order valence-corrected chi connectivity index (χ0v) is 14.4. The molecule has 0 unspecified atom stereocenters. The summed E-state index contributed by atoms with van der Waals surface area (Å²) in [6, 6.07) is 8.25. The molecule has 126 valence electrons. The third kappa shape index (κ3) is 3.73. The maximum absolute atomic E-state index is 13.2. The van der Waals surface area contributed by atoms with Crippen LogP contribution in [0.4, 0.5) is 4.39 Å². The Hall–Kier alpha value is -2.01. The third-order valence-corrected chi connectivity index (χ3v) is 5.51. The van der Waals surface area contributed by atoms with E-state index < -0.39 is 0 Å². The molecule has 0 bridgehead atoms. The van der Waals surface area contributed by atoms with Gasteiger partial charge in [-0.15, -0.1) is 11.3 Å². The monoisotopic (exact) mass is 345 g/mol. The van der Waals surface area contributed by atoms with E-state index in [4.69, 9.17) is 0 Å². The first-order valence-corrected chi connectivity index (χ1v) is 9.06. The molecule has 1 amide bonds. The first-order chi connectivity index (χ1) is 11.5. The highest BCUT2D eigenvalue weighted by Gasteiger charge is 2.28. The van der Waals surface area contributed by atoms with Crippen molar-refractivity contribution < 1.29 is 14.0 Å². The first-order valence-electron chi connectivity index (χ1n) is 8.18. The second-order valence-electron chi connectivity index (χ2n) is 6.20. The van der Waals surface area contributed by atoms with Crippen LogP contribution in [-0.4, -0.2) is 23.1 Å². The number of likely N-dealkylation sites (tertiary alicyclic amines) is 1. The SMILES string of the molecule is CC(=O)c1cc(CC(=O)N2CCCC[C@@H]2c2ccc(F)cc2)cs1. The summed E-state index contributed by atoms with van der Waals surface area (Å²) in [6.45, 7) is 2.26. The smallest absolute Gasteiger partial charge is 0.227 e. The molecule has 1 saturated heterocycles. The fraction of sp³-hybridized carbons (Fsp3) is 0.368. The van der Waals surface area contributed by atoms with Crippen molar-refractivity contribution in [2.24, 2.45) is 0 Å². The Labute approximate surface area is 145 Å². The predicted octanol–water partition coefficient (Wildman–Crippen LogP) is 4.39. The van der Waals surface area contributed by atoms with Gasteiger partial charge in [0.1, 0.15) is 5.82 Å². The van der Waals surface area contributed by atoms with E-state index >= 15 is 0 Å². The number of carbonyl (C=O) groups excluding carboxylic acids is 2. The van der Waals surface area contributed by atoms with Crippen LogP contribution in [0.25, 0.3) is 0 Å². The number of Topliss-reactive ketones (excluding diaryl/α,β-unsaturated/α-hetero) is 1. The zero-order valence-electron chi connectivity index (χ0n) is 13.6. The Bertz CT molecular complexity index is 738. The standard InChI is InChI=1S/C19H20FNO2S/c1-13(22)18-10-14(12-24-18)11-19(23)21-9-3-2-4-17(21)15-5-7-16(20)8-6-15/h5-8,10,12,17H,2-4,9,11H2,1H3/t17-/m1/s1. The molecule has 5 heteroatoms. The number of thiophene rings is 1. The quantitative estimate of drug-likeness (QED) is 0.771. The lowest BCUT2D eigenvalue weighted by Crippen LogP contribution is -2.39. The molecule has 2 heterocycles. The van der Waals surface area contributed by atoms with Crippen LogP contribution in [-0.2, 0) is 11.2 Å². The largest absolute Gasteiger partial charge is 0.335 e. The molecule has 0 spiro atoms. The van der Waals surface area contributed by atoms with E-state index in [1.807, 2.05) is 16.3 Å². The number of hydrogen-bond donors (Lipinski definition) is 0. The second kappa shape index (κ2) is 7.26. The van der Waals surface area contributed by atoms with Gasteiger partial charge in [0.15, 0.2) is 5.78 Å². The minimum absolute atomic E-state index is 0.0118. The highest BCUT2D eigenvalue weighted by Crippen LogP contribution is 2.31. The lowest BCUT2D eigenvalue weighted by molar-refractivity contribution is -0.134. The van der Waals surface area contributed by atoms with Gasteiger partial charge in [0, 0.05) is 6.54 Å². The van der Waals surface area contributed by atoms with Crippen molar-refractivity contribution in [1.29, 1.82) is 0 Å². The Balaban J connectivity index is 1.75. The molecule has 3 nitrogen and oxygen atoms in total. The first kappa shape index (κ1) is 16.8. The van der Waals surface area contributed by atoms with Gasteiger partial charge >= 0.3 is 0 Å². The molecule has 2 aromatic rings. The van der Waals surface area contributed by atoms with Crippen molar-refractivity contribution in [1.82, 2.24) is 4.90 Å². The number of halogens is 1. The van der Waals surface area contributed by atoms with Gasteiger partial charge in [0.05, 0.1) is 17.3 Å². The van der Waals surface area contributed by atoms with E-state index in [0.29, 0.717) is 11.3 Å². The van der Waals surface area contributed by atoms with Crippen molar-refractivity contribution in [2.75, 3.05) is 6.54 Å². The Kier molecular flexibility index (Phi) is 5.09. The number of piperidine rings is 1. The van der Waals surface area contributed by atoms with Crippen molar-refractivity contribution in [3.05, 3.63) is 57.5 Å². The molecule has 1 aliphatic rings. The van der Waals surface area contributed by atoms with Crippen LogP contribution in [0, 0.1) is 5.82 Å². The Morgan fingerprint density at radius 3 is 2.67 bits per heavy atom. The number of rotatable bonds is 4.